The molecule has 0 unspecified atom stereocenters. The fourth-order valence-corrected chi connectivity index (χ4v) is 2.90. The fourth-order valence-electron chi connectivity index (χ4n) is 2.46. The Balaban J connectivity index is 1.71. The van der Waals surface area contributed by atoms with Crippen molar-refractivity contribution in [1.82, 2.24) is 4.90 Å². The maximum atomic E-state index is 12.1. The van der Waals surface area contributed by atoms with Crippen LogP contribution in [0.15, 0.2) is 22.6 Å². The van der Waals surface area contributed by atoms with Gasteiger partial charge in [0.15, 0.2) is 10.4 Å². The molecule has 1 aliphatic rings. The summed E-state index contributed by atoms with van der Waals surface area (Å²) in [5.41, 5.74) is 0. The molecule has 1 aromatic heterocycles. The first kappa shape index (κ1) is 19.5. The number of halogens is 1. The summed E-state index contributed by atoms with van der Waals surface area (Å²) in [6.07, 6.45) is 3.83. The summed E-state index contributed by atoms with van der Waals surface area (Å²) in [5.74, 6) is -0.712. The van der Waals surface area contributed by atoms with E-state index < -0.39 is 5.97 Å². The molecule has 0 bridgehead atoms. The first-order valence-corrected chi connectivity index (χ1v) is 9.12. The van der Waals surface area contributed by atoms with Gasteiger partial charge in [-0.25, -0.2) is 4.79 Å². The number of carbonyl (C=O) groups excluding carboxylic acids is 3. The molecule has 0 radical (unpaired) electrons. The third-order valence-electron chi connectivity index (χ3n) is 3.78. The van der Waals surface area contributed by atoms with Gasteiger partial charge in [-0.05, 0) is 60.6 Å². The molecule has 136 valence electrons. The Hall–Kier alpha value is -1.84. The summed E-state index contributed by atoms with van der Waals surface area (Å²) in [6, 6.07) is 3.50. The van der Waals surface area contributed by atoms with E-state index in [4.69, 9.17) is 13.9 Å². The molecule has 0 saturated carbocycles. The number of esters is 2. The molecule has 7 nitrogen and oxygen atoms in total. The zero-order valence-electron chi connectivity index (χ0n) is 13.9. The fraction of sp³-hybridized carbons (Fsp3) is 0.471. The predicted octanol–water partition coefficient (Wildman–Crippen LogP) is 2.24. The second kappa shape index (κ2) is 9.59. The van der Waals surface area contributed by atoms with E-state index in [1.165, 1.54) is 12.2 Å². The Morgan fingerprint density at radius 3 is 2.60 bits per heavy atom. The van der Waals surface area contributed by atoms with Crippen LogP contribution in [0.2, 0.25) is 0 Å². The van der Waals surface area contributed by atoms with Crippen molar-refractivity contribution in [2.24, 2.45) is 5.92 Å². The number of hydrogen-bond acceptors (Lipinski definition) is 6. The van der Waals surface area contributed by atoms with Crippen LogP contribution in [0.3, 0.4) is 0 Å². The highest BCUT2D eigenvalue weighted by Gasteiger charge is 2.28. The molecule has 2 rings (SSSR count). The maximum absolute atomic E-state index is 12.1. The van der Waals surface area contributed by atoms with Crippen molar-refractivity contribution in [2.45, 2.75) is 19.8 Å². The first-order valence-electron chi connectivity index (χ1n) is 8.04. The van der Waals surface area contributed by atoms with Crippen LogP contribution in [-0.2, 0) is 23.9 Å². The first-order chi connectivity index (χ1) is 12.0. The normalized spacial score (nSPS) is 15.4. The zero-order chi connectivity index (χ0) is 18.2. The second-order valence-electron chi connectivity index (χ2n) is 5.49. The summed E-state index contributed by atoms with van der Waals surface area (Å²) in [5, 5.41) is 0. The molecule has 25 heavy (non-hydrogen) atoms. The Kier molecular flexibility index (Phi) is 7.48. The van der Waals surface area contributed by atoms with E-state index in [9.17, 15) is 14.4 Å². The second-order valence-corrected chi connectivity index (χ2v) is 6.55. The van der Waals surface area contributed by atoms with E-state index in [1.807, 2.05) is 22.6 Å². The summed E-state index contributed by atoms with van der Waals surface area (Å²) >= 11 is 2.02. The molecular weight excluding hydrogens is 441 g/mol. The van der Waals surface area contributed by atoms with Gasteiger partial charge >= 0.3 is 11.9 Å². The van der Waals surface area contributed by atoms with Crippen LogP contribution in [0.25, 0.3) is 6.08 Å². The molecular formula is C17H20INO6. The lowest BCUT2D eigenvalue weighted by molar-refractivity contribution is -0.153. The number of rotatable bonds is 6. The minimum Gasteiger partial charge on any atom is -0.466 e. The quantitative estimate of drug-likeness (QED) is 0.367. The maximum Gasteiger partial charge on any atom is 0.331 e. The van der Waals surface area contributed by atoms with Crippen LogP contribution in [-0.4, -0.2) is 49.0 Å². The minimum absolute atomic E-state index is 0.162. The molecule has 0 aromatic carbocycles. The SMILES string of the molecule is CCOC(=O)C1CCN(C(=O)COC(=O)/C=C/c2ccc(I)o2)CC1. The van der Waals surface area contributed by atoms with E-state index in [1.54, 1.807) is 24.0 Å². The molecule has 0 aliphatic carbocycles. The van der Waals surface area contributed by atoms with Gasteiger partial charge in [0.2, 0.25) is 0 Å². The molecule has 1 aliphatic heterocycles. The number of amides is 1. The van der Waals surface area contributed by atoms with Gasteiger partial charge < -0.3 is 18.8 Å². The number of hydrogen-bond donors (Lipinski definition) is 0. The predicted molar refractivity (Wildman–Crippen MR) is 97.4 cm³/mol. The van der Waals surface area contributed by atoms with Crippen molar-refractivity contribution in [2.75, 3.05) is 26.3 Å². The Labute approximate surface area is 159 Å². The van der Waals surface area contributed by atoms with Crippen LogP contribution >= 0.6 is 22.6 Å². The molecule has 0 N–H and O–H groups in total. The molecule has 2 heterocycles. The Morgan fingerprint density at radius 2 is 2.00 bits per heavy atom. The summed E-state index contributed by atoms with van der Waals surface area (Å²) < 4.78 is 15.9. The molecule has 1 fully saturated rings. The van der Waals surface area contributed by atoms with Gasteiger partial charge in [-0.2, -0.15) is 0 Å². The molecule has 1 aromatic rings. The van der Waals surface area contributed by atoms with Crippen LogP contribution in [0.4, 0.5) is 0 Å². The lowest BCUT2D eigenvalue weighted by Gasteiger charge is -2.30. The van der Waals surface area contributed by atoms with Gasteiger partial charge in [-0.15, -0.1) is 0 Å². The molecule has 1 saturated heterocycles. The van der Waals surface area contributed by atoms with E-state index in [-0.39, 0.29) is 24.4 Å². The van der Waals surface area contributed by atoms with Crippen LogP contribution in [0.5, 0.6) is 0 Å². The highest BCUT2D eigenvalue weighted by atomic mass is 127. The van der Waals surface area contributed by atoms with E-state index in [2.05, 4.69) is 0 Å². The summed E-state index contributed by atoms with van der Waals surface area (Å²) in [7, 11) is 0. The van der Waals surface area contributed by atoms with Crippen molar-refractivity contribution < 1.29 is 28.3 Å². The van der Waals surface area contributed by atoms with Gasteiger partial charge in [0.1, 0.15) is 5.76 Å². The van der Waals surface area contributed by atoms with Gasteiger partial charge in [-0.1, -0.05) is 0 Å². The summed E-state index contributed by atoms with van der Waals surface area (Å²) in [4.78, 5) is 37.0. The molecule has 0 spiro atoms. The Bertz CT molecular complexity index is 645. The minimum atomic E-state index is -0.610. The van der Waals surface area contributed by atoms with Crippen molar-refractivity contribution in [3.8, 4) is 0 Å². The number of likely N-dealkylation sites (tertiary alicyclic amines) is 1. The average molecular weight is 461 g/mol. The third kappa shape index (κ3) is 6.18. The van der Waals surface area contributed by atoms with Crippen molar-refractivity contribution in [3.05, 3.63) is 27.7 Å². The molecule has 8 heteroatoms. The van der Waals surface area contributed by atoms with Gasteiger partial charge in [0.25, 0.3) is 5.91 Å². The highest BCUT2D eigenvalue weighted by Crippen LogP contribution is 2.18. The number of nitrogens with zero attached hydrogens (tertiary/aromatic N) is 1. The third-order valence-corrected chi connectivity index (χ3v) is 4.36. The van der Waals surface area contributed by atoms with Gasteiger partial charge in [-0.3, -0.25) is 9.59 Å². The monoisotopic (exact) mass is 461 g/mol. The number of furan rings is 1. The molecule has 1 amide bonds. The van der Waals surface area contributed by atoms with Gasteiger partial charge in [0.05, 0.1) is 12.5 Å². The molecule has 0 atom stereocenters. The largest absolute Gasteiger partial charge is 0.466 e. The summed E-state index contributed by atoms with van der Waals surface area (Å²) in [6.45, 7) is 2.73. The van der Waals surface area contributed by atoms with E-state index >= 15 is 0 Å². The zero-order valence-corrected chi connectivity index (χ0v) is 16.1. The van der Waals surface area contributed by atoms with Crippen molar-refractivity contribution in [1.29, 1.82) is 0 Å². The Morgan fingerprint density at radius 1 is 1.28 bits per heavy atom. The van der Waals surface area contributed by atoms with E-state index in [0.717, 1.165) is 0 Å². The lowest BCUT2D eigenvalue weighted by Crippen LogP contribution is -2.42. The van der Waals surface area contributed by atoms with Crippen LogP contribution < -0.4 is 0 Å². The van der Waals surface area contributed by atoms with E-state index in [0.29, 0.717) is 42.1 Å². The number of carbonyl (C=O) groups is 3. The van der Waals surface area contributed by atoms with Crippen LogP contribution in [0, 0.1) is 9.68 Å². The topological polar surface area (TPSA) is 86.0 Å². The van der Waals surface area contributed by atoms with Crippen LogP contribution in [0.1, 0.15) is 25.5 Å². The standard InChI is InChI=1S/C17H20INO6/c1-2-23-17(22)12-7-9-19(10-8-12)15(20)11-24-16(21)6-4-13-3-5-14(18)25-13/h3-6,12H,2,7-11H2,1H3/b6-4+. The van der Waals surface area contributed by atoms with Gasteiger partial charge in [0, 0.05) is 19.2 Å². The number of ether oxygens (including phenoxy) is 2. The average Bonchev–Trinajstić information content (AvgIpc) is 3.03. The highest BCUT2D eigenvalue weighted by molar-refractivity contribution is 14.1. The number of piperidine rings is 1. The lowest BCUT2D eigenvalue weighted by atomic mass is 9.97. The smallest absolute Gasteiger partial charge is 0.331 e. The van der Waals surface area contributed by atoms with Crippen molar-refractivity contribution in [3.63, 3.8) is 0 Å². The van der Waals surface area contributed by atoms with Crippen molar-refractivity contribution >= 4 is 46.5 Å².